The second kappa shape index (κ2) is 6.52. The first-order valence-corrected chi connectivity index (χ1v) is 5.73. The highest BCUT2D eigenvalue weighted by molar-refractivity contribution is 6.37. The van der Waals surface area contributed by atoms with E-state index in [2.05, 4.69) is 6.58 Å². The van der Waals surface area contributed by atoms with Crippen LogP contribution in [-0.2, 0) is 9.53 Å². The van der Waals surface area contributed by atoms with E-state index in [1.807, 2.05) is 0 Å². The summed E-state index contributed by atoms with van der Waals surface area (Å²) in [6.45, 7) is 5.57. The van der Waals surface area contributed by atoms with Crippen LogP contribution < -0.4 is 4.74 Å². The standard InChI is InChI=1S/C12H12Cl2O3/c1-3-16-12(15)8(2)7-17-11-9(13)5-4-6-10(11)14/h4-6H,2-3,7H2,1H3. The molecule has 92 valence electrons. The Morgan fingerprint density at radius 3 is 2.47 bits per heavy atom. The van der Waals surface area contributed by atoms with E-state index in [0.29, 0.717) is 22.4 Å². The first-order chi connectivity index (χ1) is 8.06. The van der Waals surface area contributed by atoms with Gasteiger partial charge in [-0.2, -0.15) is 0 Å². The average molecular weight is 275 g/mol. The van der Waals surface area contributed by atoms with E-state index in [-0.39, 0.29) is 12.2 Å². The lowest BCUT2D eigenvalue weighted by Crippen LogP contribution is -2.13. The molecule has 3 nitrogen and oxygen atoms in total. The largest absolute Gasteiger partial charge is 0.486 e. The Labute approximate surface area is 110 Å². The molecular formula is C12H12Cl2O3. The zero-order valence-electron chi connectivity index (χ0n) is 9.33. The van der Waals surface area contributed by atoms with Crippen molar-refractivity contribution in [3.8, 4) is 5.75 Å². The van der Waals surface area contributed by atoms with Crippen molar-refractivity contribution in [1.29, 1.82) is 0 Å². The van der Waals surface area contributed by atoms with Crippen LogP contribution in [0.4, 0.5) is 0 Å². The third kappa shape index (κ3) is 3.95. The fourth-order valence-electron chi connectivity index (χ4n) is 1.07. The highest BCUT2D eigenvalue weighted by atomic mass is 35.5. The van der Waals surface area contributed by atoms with Crippen LogP contribution in [0.1, 0.15) is 6.92 Å². The Bertz CT molecular complexity index is 410. The molecule has 0 radical (unpaired) electrons. The molecule has 0 heterocycles. The second-order valence-electron chi connectivity index (χ2n) is 3.16. The molecule has 1 aromatic carbocycles. The molecule has 0 aliphatic heterocycles. The number of hydrogen-bond acceptors (Lipinski definition) is 3. The summed E-state index contributed by atoms with van der Waals surface area (Å²) in [4.78, 5) is 11.3. The van der Waals surface area contributed by atoms with E-state index in [0.717, 1.165) is 0 Å². The van der Waals surface area contributed by atoms with Gasteiger partial charge in [0.25, 0.3) is 0 Å². The summed E-state index contributed by atoms with van der Waals surface area (Å²) in [7, 11) is 0. The number of carbonyl (C=O) groups excluding carboxylic acids is 1. The Balaban J connectivity index is 2.62. The lowest BCUT2D eigenvalue weighted by Gasteiger charge is -2.10. The van der Waals surface area contributed by atoms with E-state index >= 15 is 0 Å². The van der Waals surface area contributed by atoms with E-state index < -0.39 is 5.97 Å². The van der Waals surface area contributed by atoms with Gasteiger partial charge in [0.15, 0.2) is 5.75 Å². The number of ether oxygens (including phenoxy) is 2. The summed E-state index contributed by atoms with van der Waals surface area (Å²) in [6.07, 6.45) is 0. The molecule has 0 fully saturated rings. The fourth-order valence-corrected chi connectivity index (χ4v) is 1.58. The molecule has 1 rings (SSSR count). The zero-order valence-corrected chi connectivity index (χ0v) is 10.8. The van der Waals surface area contributed by atoms with Crippen LogP contribution in [0.2, 0.25) is 10.0 Å². The minimum Gasteiger partial charge on any atom is -0.486 e. The number of halogens is 2. The smallest absolute Gasteiger partial charge is 0.336 e. The van der Waals surface area contributed by atoms with E-state index in [9.17, 15) is 4.79 Å². The first kappa shape index (κ1) is 13.9. The normalized spacial score (nSPS) is 9.82. The highest BCUT2D eigenvalue weighted by Gasteiger charge is 2.11. The molecule has 0 atom stereocenters. The van der Waals surface area contributed by atoms with Gasteiger partial charge in [-0.25, -0.2) is 4.79 Å². The molecule has 0 aliphatic carbocycles. The van der Waals surface area contributed by atoms with Gasteiger partial charge in [0, 0.05) is 0 Å². The summed E-state index contributed by atoms with van der Waals surface area (Å²) in [5.41, 5.74) is 0.211. The van der Waals surface area contributed by atoms with E-state index in [1.165, 1.54) is 0 Å². The molecule has 0 saturated heterocycles. The number of para-hydroxylation sites is 1. The maximum absolute atomic E-state index is 11.3. The van der Waals surface area contributed by atoms with Crippen molar-refractivity contribution in [3.63, 3.8) is 0 Å². The predicted molar refractivity (Wildman–Crippen MR) is 67.7 cm³/mol. The summed E-state index contributed by atoms with van der Waals surface area (Å²) < 4.78 is 10.1. The van der Waals surface area contributed by atoms with Gasteiger partial charge in [-0.1, -0.05) is 35.8 Å². The third-order valence-electron chi connectivity index (χ3n) is 1.87. The lowest BCUT2D eigenvalue weighted by atomic mass is 10.3. The van der Waals surface area contributed by atoms with Gasteiger partial charge < -0.3 is 9.47 Å². The fraction of sp³-hybridized carbons (Fsp3) is 0.250. The SMILES string of the molecule is C=C(COc1c(Cl)cccc1Cl)C(=O)OCC. The molecule has 0 aliphatic rings. The second-order valence-corrected chi connectivity index (χ2v) is 3.98. The zero-order chi connectivity index (χ0) is 12.8. The number of rotatable bonds is 5. The van der Waals surface area contributed by atoms with Crippen LogP contribution in [0.5, 0.6) is 5.75 Å². The average Bonchev–Trinajstić information content (AvgIpc) is 2.28. The van der Waals surface area contributed by atoms with Crippen molar-refractivity contribution in [2.24, 2.45) is 0 Å². The molecule has 17 heavy (non-hydrogen) atoms. The monoisotopic (exact) mass is 274 g/mol. The van der Waals surface area contributed by atoms with Crippen molar-refractivity contribution in [3.05, 3.63) is 40.4 Å². The Kier molecular flexibility index (Phi) is 5.32. The first-order valence-electron chi connectivity index (χ1n) is 4.98. The van der Waals surface area contributed by atoms with Gasteiger partial charge in [0.1, 0.15) is 6.61 Å². The minimum atomic E-state index is -0.490. The summed E-state index contributed by atoms with van der Waals surface area (Å²) in [5, 5.41) is 0.767. The van der Waals surface area contributed by atoms with Crippen LogP contribution in [-0.4, -0.2) is 19.2 Å². The summed E-state index contributed by atoms with van der Waals surface area (Å²) in [5.74, 6) is -0.156. The topological polar surface area (TPSA) is 35.5 Å². The Morgan fingerprint density at radius 2 is 1.94 bits per heavy atom. The van der Waals surface area contributed by atoms with Crippen molar-refractivity contribution >= 4 is 29.2 Å². The quantitative estimate of drug-likeness (QED) is 0.609. The maximum Gasteiger partial charge on any atom is 0.336 e. The van der Waals surface area contributed by atoms with Gasteiger partial charge in [-0.15, -0.1) is 0 Å². The molecule has 5 heteroatoms. The highest BCUT2D eigenvalue weighted by Crippen LogP contribution is 2.32. The molecule has 1 aromatic rings. The number of benzene rings is 1. The molecule has 0 aromatic heterocycles. The van der Waals surface area contributed by atoms with E-state index in [4.69, 9.17) is 32.7 Å². The van der Waals surface area contributed by atoms with E-state index in [1.54, 1.807) is 25.1 Å². The van der Waals surface area contributed by atoms with Gasteiger partial charge in [0.2, 0.25) is 0 Å². The van der Waals surface area contributed by atoms with Crippen molar-refractivity contribution < 1.29 is 14.3 Å². The maximum atomic E-state index is 11.3. The van der Waals surface area contributed by atoms with Crippen LogP contribution in [0, 0.1) is 0 Å². The summed E-state index contributed by atoms with van der Waals surface area (Å²) in [6, 6.07) is 5.00. The van der Waals surface area contributed by atoms with Crippen molar-refractivity contribution in [2.45, 2.75) is 6.92 Å². The van der Waals surface area contributed by atoms with Gasteiger partial charge in [0.05, 0.1) is 22.2 Å². The molecule has 0 amide bonds. The van der Waals surface area contributed by atoms with Gasteiger partial charge >= 0.3 is 5.97 Å². The van der Waals surface area contributed by atoms with Crippen LogP contribution in [0.15, 0.2) is 30.4 Å². The molecule has 0 bridgehead atoms. The van der Waals surface area contributed by atoms with Gasteiger partial charge in [-0.3, -0.25) is 0 Å². The van der Waals surface area contributed by atoms with Crippen LogP contribution >= 0.6 is 23.2 Å². The summed E-state index contributed by atoms with van der Waals surface area (Å²) >= 11 is 11.8. The Hall–Kier alpha value is -1.19. The molecular weight excluding hydrogens is 263 g/mol. The molecule has 0 N–H and O–H groups in total. The molecule has 0 spiro atoms. The van der Waals surface area contributed by atoms with Gasteiger partial charge in [-0.05, 0) is 19.1 Å². The predicted octanol–water partition coefficient (Wildman–Crippen LogP) is 3.49. The molecule has 0 unspecified atom stereocenters. The Morgan fingerprint density at radius 1 is 1.35 bits per heavy atom. The lowest BCUT2D eigenvalue weighted by molar-refractivity contribution is -0.138. The third-order valence-corrected chi connectivity index (χ3v) is 2.47. The van der Waals surface area contributed by atoms with Crippen molar-refractivity contribution in [2.75, 3.05) is 13.2 Å². The number of carbonyl (C=O) groups is 1. The number of hydrogen-bond donors (Lipinski definition) is 0. The van der Waals surface area contributed by atoms with Crippen LogP contribution in [0.25, 0.3) is 0 Å². The molecule has 0 saturated carbocycles. The number of esters is 1. The van der Waals surface area contributed by atoms with Crippen molar-refractivity contribution in [1.82, 2.24) is 0 Å². The minimum absolute atomic E-state index is 0.0116. The van der Waals surface area contributed by atoms with Crippen LogP contribution in [0.3, 0.4) is 0 Å².